The van der Waals surface area contributed by atoms with Crippen LogP contribution in [0.25, 0.3) is 0 Å². The number of methoxy groups -OCH3 is 1. The fourth-order valence-corrected chi connectivity index (χ4v) is 2.21. The first-order chi connectivity index (χ1) is 6.79. The van der Waals surface area contributed by atoms with Crippen LogP contribution in [0.15, 0.2) is 18.2 Å². The Morgan fingerprint density at radius 1 is 1.43 bits per heavy atom. The molecular weight excluding hydrogens is 289 g/mol. The average Bonchev–Trinajstić information content (AvgIpc) is 2.12. The molecule has 1 fully saturated rings. The summed E-state index contributed by atoms with van der Waals surface area (Å²) in [5.74, 6) is 1.01. The van der Waals surface area contributed by atoms with Crippen molar-refractivity contribution in [1.29, 1.82) is 0 Å². The first-order valence-corrected chi connectivity index (χ1v) is 5.92. The zero-order valence-corrected chi connectivity index (χ0v) is 10.5. The van der Waals surface area contributed by atoms with E-state index in [0.717, 1.165) is 12.3 Å². The lowest BCUT2D eigenvalue weighted by Gasteiger charge is -2.31. The van der Waals surface area contributed by atoms with Gasteiger partial charge in [0.1, 0.15) is 5.75 Å². The Balaban J connectivity index is 2.15. The van der Waals surface area contributed by atoms with Crippen molar-refractivity contribution in [2.45, 2.75) is 13.0 Å². The van der Waals surface area contributed by atoms with E-state index in [9.17, 15) is 0 Å². The maximum Gasteiger partial charge on any atom is 0.123 e. The Kier molecular flexibility index (Phi) is 3.28. The third-order valence-corrected chi connectivity index (χ3v) is 3.26. The van der Waals surface area contributed by atoms with Crippen molar-refractivity contribution in [2.24, 2.45) is 0 Å². The van der Waals surface area contributed by atoms with Crippen LogP contribution in [0.1, 0.15) is 12.0 Å². The highest BCUT2D eigenvalue weighted by Gasteiger charge is 2.15. The van der Waals surface area contributed by atoms with E-state index < -0.39 is 0 Å². The molecular formula is C11H14INO. The quantitative estimate of drug-likeness (QED) is 0.796. The second kappa shape index (κ2) is 4.49. The molecule has 0 N–H and O–H groups in total. The molecule has 0 unspecified atom stereocenters. The Morgan fingerprint density at radius 3 is 2.79 bits per heavy atom. The molecule has 1 aliphatic rings. The van der Waals surface area contributed by atoms with Crippen LogP contribution in [-0.4, -0.2) is 25.1 Å². The third-order valence-electron chi connectivity index (χ3n) is 2.59. The number of benzene rings is 1. The highest BCUT2D eigenvalue weighted by atomic mass is 127. The summed E-state index contributed by atoms with van der Waals surface area (Å²) in [5, 5.41) is 0. The van der Waals surface area contributed by atoms with E-state index in [0.29, 0.717) is 0 Å². The van der Waals surface area contributed by atoms with Gasteiger partial charge in [0.15, 0.2) is 0 Å². The van der Waals surface area contributed by atoms with Crippen LogP contribution in [0.3, 0.4) is 0 Å². The monoisotopic (exact) mass is 303 g/mol. The standard InChI is InChI=1S/C11H14INO/c1-14-11-4-3-10(12)7-9(11)8-13-5-2-6-13/h3-4,7H,2,5-6,8H2,1H3. The highest BCUT2D eigenvalue weighted by molar-refractivity contribution is 14.1. The van der Waals surface area contributed by atoms with Crippen LogP contribution in [0.5, 0.6) is 5.75 Å². The Hall–Kier alpha value is -0.290. The molecule has 76 valence electrons. The van der Waals surface area contributed by atoms with Gasteiger partial charge >= 0.3 is 0 Å². The van der Waals surface area contributed by atoms with Gasteiger partial charge in [0.25, 0.3) is 0 Å². The van der Waals surface area contributed by atoms with Gasteiger partial charge in [0.05, 0.1) is 7.11 Å². The van der Waals surface area contributed by atoms with E-state index in [1.54, 1.807) is 7.11 Å². The van der Waals surface area contributed by atoms with Crippen molar-refractivity contribution in [2.75, 3.05) is 20.2 Å². The molecule has 3 heteroatoms. The lowest BCUT2D eigenvalue weighted by molar-refractivity contribution is 0.170. The second-order valence-corrected chi connectivity index (χ2v) is 4.83. The summed E-state index contributed by atoms with van der Waals surface area (Å²) in [6.45, 7) is 3.49. The number of likely N-dealkylation sites (tertiary alicyclic amines) is 1. The molecule has 0 amide bonds. The van der Waals surface area contributed by atoms with Gasteiger partial charge < -0.3 is 4.74 Å². The first kappa shape index (κ1) is 10.2. The Labute approximate surface area is 98.4 Å². The van der Waals surface area contributed by atoms with E-state index in [1.807, 2.05) is 0 Å². The summed E-state index contributed by atoms with van der Waals surface area (Å²) < 4.78 is 6.62. The molecule has 1 heterocycles. The predicted octanol–water partition coefficient (Wildman–Crippen LogP) is 2.51. The van der Waals surface area contributed by atoms with Crippen molar-refractivity contribution in [3.05, 3.63) is 27.3 Å². The van der Waals surface area contributed by atoms with E-state index in [1.165, 1.54) is 28.6 Å². The molecule has 1 aliphatic heterocycles. The van der Waals surface area contributed by atoms with Gasteiger partial charge in [-0.1, -0.05) is 0 Å². The van der Waals surface area contributed by atoms with Crippen molar-refractivity contribution in [3.63, 3.8) is 0 Å². The van der Waals surface area contributed by atoms with Crippen molar-refractivity contribution in [1.82, 2.24) is 4.90 Å². The van der Waals surface area contributed by atoms with E-state index in [4.69, 9.17) is 4.74 Å². The molecule has 0 spiro atoms. The molecule has 0 aromatic heterocycles. The van der Waals surface area contributed by atoms with Gasteiger partial charge in [-0.3, -0.25) is 4.90 Å². The fraction of sp³-hybridized carbons (Fsp3) is 0.455. The number of hydrogen-bond acceptors (Lipinski definition) is 2. The summed E-state index contributed by atoms with van der Waals surface area (Å²) in [5.41, 5.74) is 1.30. The molecule has 1 aromatic carbocycles. The molecule has 14 heavy (non-hydrogen) atoms. The van der Waals surface area contributed by atoms with Gasteiger partial charge in [-0.25, -0.2) is 0 Å². The van der Waals surface area contributed by atoms with E-state index in [2.05, 4.69) is 45.7 Å². The van der Waals surface area contributed by atoms with Crippen molar-refractivity contribution >= 4 is 22.6 Å². The number of rotatable bonds is 3. The summed E-state index contributed by atoms with van der Waals surface area (Å²) in [6, 6.07) is 6.34. The van der Waals surface area contributed by atoms with E-state index >= 15 is 0 Å². The minimum Gasteiger partial charge on any atom is -0.496 e. The molecule has 0 radical (unpaired) electrons. The number of halogens is 1. The van der Waals surface area contributed by atoms with Crippen LogP contribution in [0.4, 0.5) is 0 Å². The molecule has 1 saturated heterocycles. The normalized spacial score (nSPS) is 16.4. The minimum absolute atomic E-state index is 1.01. The molecule has 0 saturated carbocycles. The van der Waals surface area contributed by atoms with Crippen LogP contribution in [0.2, 0.25) is 0 Å². The topological polar surface area (TPSA) is 12.5 Å². The van der Waals surface area contributed by atoms with Crippen LogP contribution in [0, 0.1) is 3.57 Å². The largest absolute Gasteiger partial charge is 0.496 e. The minimum atomic E-state index is 1.01. The van der Waals surface area contributed by atoms with Gasteiger partial charge in [-0.15, -0.1) is 0 Å². The smallest absolute Gasteiger partial charge is 0.123 e. The second-order valence-electron chi connectivity index (χ2n) is 3.59. The van der Waals surface area contributed by atoms with E-state index in [-0.39, 0.29) is 0 Å². The van der Waals surface area contributed by atoms with Crippen molar-refractivity contribution < 1.29 is 4.74 Å². The van der Waals surface area contributed by atoms with Gasteiger partial charge in [-0.2, -0.15) is 0 Å². The van der Waals surface area contributed by atoms with Gasteiger partial charge in [0.2, 0.25) is 0 Å². The molecule has 0 bridgehead atoms. The zero-order chi connectivity index (χ0) is 9.97. The number of hydrogen-bond donors (Lipinski definition) is 0. The highest BCUT2D eigenvalue weighted by Crippen LogP contribution is 2.24. The van der Waals surface area contributed by atoms with Crippen LogP contribution >= 0.6 is 22.6 Å². The zero-order valence-electron chi connectivity index (χ0n) is 8.29. The Morgan fingerprint density at radius 2 is 2.21 bits per heavy atom. The third kappa shape index (κ3) is 2.20. The summed E-state index contributed by atoms with van der Waals surface area (Å²) in [6.07, 6.45) is 1.34. The lowest BCUT2D eigenvalue weighted by Crippen LogP contribution is -2.36. The fourth-order valence-electron chi connectivity index (χ4n) is 1.65. The lowest BCUT2D eigenvalue weighted by atomic mass is 10.1. The molecule has 0 atom stereocenters. The molecule has 2 nitrogen and oxygen atoms in total. The number of nitrogens with zero attached hydrogens (tertiary/aromatic N) is 1. The molecule has 2 rings (SSSR count). The average molecular weight is 303 g/mol. The summed E-state index contributed by atoms with van der Waals surface area (Å²) in [7, 11) is 1.74. The molecule has 1 aromatic rings. The summed E-state index contributed by atoms with van der Waals surface area (Å²) >= 11 is 2.34. The SMILES string of the molecule is COc1ccc(I)cc1CN1CCC1. The van der Waals surface area contributed by atoms with Gasteiger partial charge in [-0.05, 0) is 60.3 Å². The van der Waals surface area contributed by atoms with Crippen molar-refractivity contribution in [3.8, 4) is 5.75 Å². The van der Waals surface area contributed by atoms with Gasteiger partial charge in [0, 0.05) is 15.7 Å². The van der Waals surface area contributed by atoms with Crippen LogP contribution < -0.4 is 4.74 Å². The maximum atomic E-state index is 5.34. The predicted molar refractivity (Wildman–Crippen MR) is 65.6 cm³/mol. The molecule has 0 aliphatic carbocycles. The number of ether oxygens (including phenoxy) is 1. The van der Waals surface area contributed by atoms with Crippen LogP contribution in [-0.2, 0) is 6.54 Å². The first-order valence-electron chi connectivity index (χ1n) is 4.84. The maximum absolute atomic E-state index is 5.34. The summed E-state index contributed by atoms with van der Waals surface area (Å²) in [4.78, 5) is 2.44. The Bertz CT molecular complexity index is 323.